The number of hydrogen-bond acceptors (Lipinski definition) is 4. The Kier molecular flexibility index (Phi) is 4.33. The van der Waals surface area contributed by atoms with Gasteiger partial charge in [-0.2, -0.15) is 0 Å². The van der Waals surface area contributed by atoms with Crippen molar-refractivity contribution >= 4 is 17.3 Å². The second-order valence-electron chi connectivity index (χ2n) is 2.86. The molecule has 5 nitrogen and oxygen atoms in total. The number of nitrogens with two attached hydrogens (primary N) is 1. The van der Waals surface area contributed by atoms with E-state index in [-0.39, 0.29) is 11.4 Å². The van der Waals surface area contributed by atoms with Crippen LogP contribution in [-0.2, 0) is 0 Å². The van der Waals surface area contributed by atoms with Crippen LogP contribution in [0.4, 0.5) is 5.69 Å². The topological polar surface area (TPSA) is 78.4 Å². The molecule has 1 rings (SSSR count). The average Bonchev–Trinajstić information content (AvgIpc) is 2.18. The molecule has 0 fully saturated rings. The summed E-state index contributed by atoms with van der Waals surface area (Å²) >= 11 is 5.71. The largest absolute Gasteiger partial charge is 0.487 e. The summed E-state index contributed by atoms with van der Waals surface area (Å²) in [6.45, 7) is 0.825. The maximum atomic E-state index is 10.6. The van der Waals surface area contributed by atoms with E-state index in [9.17, 15) is 10.1 Å². The molecule has 82 valence electrons. The molecule has 0 atom stereocenters. The minimum Gasteiger partial charge on any atom is -0.487 e. The number of ether oxygens (including phenoxy) is 1. The van der Waals surface area contributed by atoms with Crippen LogP contribution in [0.2, 0.25) is 5.02 Å². The maximum absolute atomic E-state index is 10.6. The Hall–Kier alpha value is -1.33. The zero-order chi connectivity index (χ0) is 11.3. The first kappa shape index (κ1) is 11.7. The molecule has 0 bridgehead atoms. The quantitative estimate of drug-likeness (QED) is 0.477. The fraction of sp³-hybridized carbons (Fsp3) is 0.333. The van der Waals surface area contributed by atoms with Crippen molar-refractivity contribution in [3.05, 3.63) is 33.3 Å². The first-order valence-corrected chi connectivity index (χ1v) is 4.79. The van der Waals surface area contributed by atoms with Gasteiger partial charge in [0, 0.05) is 17.2 Å². The van der Waals surface area contributed by atoms with Gasteiger partial charge in [0.25, 0.3) is 0 Å². The summed E-state index contributed by atoms with van der Waals surface area (Å²) in [4.78, 5) is 10.1. The van der Waals surface area contributed by atoms with Crippen molar-refractivity contribution < 1.29 is 9.66 Å². The monoisotopic (exact) mass is 230 g/mol. The van der Waals surface area contributed by atoms with Crippen LogP contribution in [0, 0.1) is 10.1 Å². The van der Waals surface area contributed by atoms with Crippen molar-refractivity contribution in [3.8, 4) is 5.75 Å². The van der Waals surface area contributed by atoms with E-state index in [0.29, 0.717) is 24.6 Å². The molecule has 6 heteroatoms. The van der Waals surface area contributed by atoms with Crippen LogP contribution in [0.15, 0.2) is 18.2 Å². The summed E-state index contributed by atoms with van der Waals surface area (Å²) in [5.41, 5.74) is 5.19. The number of hydrogen-bond donors (Lipinski definition) is 1. The third kappa shape index (κ3) is 3.38. The number of rotatable bonds is 5. The summed E-state index contributed by atoms with van der Waals surface area (Å²) in [5, 5.41) is 11.0. The minimum absolute atomic E-state index is 0.0866. The zero-order valence-corrected chi connectivity index (χ0v) is 8.74. The van der Waals surface area contributed by atoms with Gasteiger partial charge in [0.2, 0.25) is 0 Å². The minimum atomic E-state index is -0.506. The lowest BCUT2D eigenvalue weighted by atomic mass is 10.3. The normalized spacial score (nSPS) is 10.0. The Morgan fingerprint density at radius 1 is 1.53 bits per heavy atom. The standard InChI is InChI=1S/C9H11ClN2O3/c10-7-2-3-8(12(13)14)9(6-7)15-5-1-4-11/h2-3,6H,1,4-5,11H2. The van der Waals surface area contributed by atoms with Gasteiger partial charge in [0.05, 0.1) is 11.5 Å². The summed E-state index contributed by atoms with van der Waals surface area (Å²) < 4.78 is 5.21. The molecule has 0 aliphatic carbocycles. The molecule has 0 amide bonds. The van der Waals surface area contributed by atoms with Crippen LogP contribution >= 0.6 is 11.6 Å². The van der Waals surface area contributed by atoms with Gasteiger partial charge in [0.1, 0.15) is 0 Å². The molecule has 0 heterocycles. The third-order valence-electron chi connectivity index (χ3n) is 1.72. The first-order valence-electron chi connectivity index (χ1n) is 4.42. The molecule has 0 aliphatic rings. The van der Waals surface area contributed by atoms with Gasteiger partial charge in [0.15, 0.2) is 5.75 Å². The summed E-state index contributed by atoms with van der Waals surface area (Å²) in [6, 6.07) is 4.20. The van der Waals surface area contributed by atoms with Crippen LogP contribution in [0.25, 0.3) is 0 Å². The molecular weight excluding hydrogens is 220 g/mol. The Bertz CT molecular complexity index is 357. The van der Waals surface area contributed by atoms with Gasteiger partial charge < -0.3 is 10.5 Å². The molecule has 2 N–H and O–H groups in total. The van der Waals surface area contributed by atoms with E-state index < -0.39 is 4.92 Å². The average molecular weight is 231 g/mol. The molecule has 0 aromatic heterocycles. The molecular formula is C9H11ClN2O3. The van der Waals surface area contributed by atoms with Gasteiger partial charge in [-0.1, -0.05) is 11.6 Å². The lowest BCUT2D eigenvalue weighted by molar-refractivity contribution is -0.385. The number of halogens is 1. The molecule has 0 spiro atoms. The van der Waals surface area contributed by atoms with E-state index >= 15 is 0 Å². The predicted octanol–water partition coefficient (Wildman–Crippen LogP) is 1.98. The molecule has 1 aromatic rings. The van der Waals surface area contributed by atoms with Crippen molar-refractivity contribution in [2.24, 2.45) is 5.73 Å². The SMILES string of the molecule is NCCCOc1cc(Cl)ccc1[N+](=O)[O-]. The Morgan fingerprint density at radius 2 is 2.27 bits per heavy atom. The smallest absolute Gasteiger partial charge is 0.311 e. The summed E-state index contributed by atoms with van der Waals surface area (Å²) in [5.74, 6) is 0.181. The number of benzene rings is 1. The lowest BCUT2D eigenvalue weighted by Crippen LogP contribution is -2.07. The predicted molar refractivity (Wildman–Crippen MR) is 57.3 cm³/mol. The van der Waals surface area contributed by atoms with E-state index in [2.05, 4.69) is 0 Å². The molecule has 15 heavy (non-hydrogen) atoms. The Morgan fingerprint density at radius 3 is 2.87 bits per heavy atom. The van der Waals surface area contributed by atoms with E-state index in [1.165, 1.54) is 18.2 Å². The van der Waals surface area contributed by atoms with Crippen molar-refractivity contribution in [1.82, 2.24) is 0 Å². The highest BCUT2D eigenvalue weighted by Gasteiger charge is 2.14. The zero-order valence-electron chi connectivity index (χ0n) is 7.98. The molecule has 1 aromatic carbocycles. The van der Waals surface area contributed by atoms with Crippen molar-refractivity contribution in [3.63, 3.8) is 0 Å². The molecule has 0 saturated heterocycles. The fourth-order valence-corrected chi connectivity index (χ4v) is 1.18. The third-order valence-corrected chi connectivity index (χ3v) is 1.96. The van der Waals surface area contributed by atoms with Gasteiger partial charge in [-0.25, -0.2) is 0 Å². The Labute approximate surface area is 91.9 Å². The van der Waals surface area contributed by atoms with E-state index in [0.717, 1.165) is 0 Å². The van der Waals surface area contributed by atoms with Crippen LogP contribution in [0.5, 0.6) is 5.75 Å². The highest BCUT2D eigenvalue weighted by Crippen LogP contribution is 2.29. The van der Waals surface area contributed by atoms with E-state index in [1.807, 2.05) is 0 Å². The van der Waals surface area contributed by atoms with Crippen LogP contribution in [0.3, 0.4) is 0 Å². The van der Waals surface area contributed by atoms with Crippen molar-refractivity contribution in [2.45, 2.75) is 6.42 Å². The van der Waals surface area contributed by atoms with Gasteiger partial charge in [-0.05, 0) is 19.0 Å². The molecule has 0 radical (unpaired) electrons. The fourth-order valence-electron chi connectivity index (χ4n) is 1.02. The van der Waals surface area contributed by atoms with Gasteiger partial charge >= 0.3 is 5.69 Å². The molecule has 0 saturated carbocycles. The number of nitrogens with zero attached hydrogens (tertiary/aromatic N) is 1. The van der Waals surface area contributed by atoms with Crippen LogP contribution in [0.1, 0.15) is 6.42 Å². The van der Waals surface area contributed by atoms with Crippen molar-refractivity contribution in [1.29, 1.82) is 0 Å². The molecule has 0 aliphatic heterocycles. The highest BCUT2D eigenvalue weighted by molar-refractivity contribution is 6.30. The Balaban J connectivity index is 2.82. The number of nitro benzene ring substituents is 1. The van der Waals surface area contributed by atoms with E-state index in [1.54, 1.807) is 0 Å². The number of nitro groups is 1. The van der Waals surface area contributed by atoms with Gasteiger partial charge in [-0.3, -0.25) is 10.1 Å². The summed E-state index contributed by atoms with van der Waals surface area (Å²) in [7, 11) is 0. The highest BCUT2D eigenvalue weighted by atomic mass is 35.5. The second kappa shape index (κ2) is 5.53. The van der Waals surface area contributed by atoms with Crippen LogP contribution < -0.4 is 10.5 Å². The maximum Gasteiger partial charge on any atom is 0.311 e. The summed E-state index contributed by atoms with van der Waals surface area (Å²) in [6.07, 6.45) is 0.643. The van der Waals surface area contributed by atoms with Gasteiger partial charge in [-0.15, -0.1) is 0 Å². The second-order valence-corrected chi connectivity index (χ2v) is 3.30. The molecule has 0 unspecified atom stereocenters. The lowest BCUT2D eigenvalue weighted by Gasteiger charge is -2.05. The van der Waals surface area contributed by atoms with E-state index in [4.69, 9.17) is 22.1 Å². The first-order chi connectivity index (χ1) is 7.15. The van der Waals surface area contributed by atoms with Crippen LogP contribution in [-0.4, -0.2) is 18.1 Å². The van der Waals surface area contributed by atoms with Crippen molar-refractivity contribution in [2.75, 3.05) is 13.2 Å².